The van der Waals surface area contributed by atoms with Gasteiger partial charge in [0.25, 0.3) is 0 Å². The lowest BCUT2D eigenvalue weighted by Gasteiger charge is -1.92. The Kier molecular flexibility index (Phi) is 2.34. The van der Waals surface area contributed by atoms with Crippen LogP contribution in [0.25, 0.3) is 0 Å². The van der Waals surface area contributed by atoms with Gasteiger partial charge in [0, 0.05) is 4.24 Å². The second-order valence-electron chi connectivity index (χ2n) is 1.02. The lowest BCUT2D eigenvalue weighted by atomic mass is 11.2. The molecule has 0 amide bonds. The number of thioether (sulfide) groups is 2. The van der Waals surface area contributed by atoms with Crippen molar-refractivity contribution in [1.82, 2.24) is 0 Å². The van der Waals surface area contributed by atoms with Crippen molar-refractivity contribution in [2.45, 2.75) is 3.91 Å². The van der Waals surface area contributed by atoms with E-state index in [4.69, 9.17) is 0 Å². The summed E-state index contributed by atoms with van der Waals surface area (Å²) in [6, 6.07) is 0. The van der Waals surface area contributed by atoms with Crippen LogP contribution < -0.4 is 0 Å². The molecule has 1 aliphatic heterocycles. The molecule has 0 aromatic heterocycles. The van der Waals surface area contributed by atoms with E-state index >= 15 is 0 Å². The van der Waals surface area contributed by atoms with E-state index in [1.807, 2.05) is 5.41 Å². The molecule has 1 atom stereocenters. The zero-order valence-electron chi connectivity index (χ0n) is 3.37. The maximum absolute atomic E-state index is 4.18. The third-order valence-corrected chi connectivity index (χ3v) is 3.75. The molecular formula is C3H4S4. The summed E-state index contributed by atoms with van der Waals surface area (Å²) >= 11 is 11.6. The van der Waals surface area contributed by atoms with Gasteiger partial charge < -0.3 is 0 Å². The Hall–Kier alpha value is 1.14. The highest BCUT2D eigenvalue weighted by Gasteiger charge is 2.10. The minimum atomic E-state index is 0.382. The van der Waals surface area contributed by atoms with Crippen molar-refractivity contribution in [3.8, 4) is 0 Å². The summed E-state index contributed by atoms with van der Waals surface area (Å²) in [5.74, 6) is 0. The van der Waals surface area contributed by atoms with E-state index in [1.165, 1.54) is 0 Å². The molecular weight excluding hydrogens is 164 g/mol. The van der Waals surface area contributed by atoms with Gasteiger partial charge in [0.15, 0.2) is 0 Å². The van der Waals surface area contributed by atoms with E-state index in [1.54, 1.807) is 23.5 Å². The first-order valence-corrected chi connectivity index (χ1v) is 4.47. The average molecular weight is 168 g/mol. The van der Waals surface area contributed by atoms with E-state index in [-0.39, 0.29) is 0 Å². The first-order valence-electron chi connectivity index (χ1n) is 1.68. The summed E-state index contributed by atoms with van der Waals surface area (Å²) in [4.78, 5) is 0. The van der Waals surface area contributed by atoms with Crippen molar-refractivity contribution in [2.75, 3.05) is 0 Å². The number of hydrogen-bond acceptors (Lipinski definition) is 4. The molecule has 0 aromatic carbocycles. The Morgan fingerprint density at radius 1 is 1.71 bits per heavy atom. The molecule has 1 heterocycles. The molecule has 40 valence electrons. The van der Waals surface area contributed by atoms with Crippen molar-refractivity contribution >= 4 is 48.8 Å². The Bertz CT molecular complexity index is 97.1. The molecule has 1 aliphatic rings. The number of hydrogen-bond donors (Lipinski definition) is 2. The molecule has 0 saturated carbocycles. The lowest BCUT2D eigenvalue weighted by Crippen LogP contribution is -1.69. The maximum Gasteiger partial charge on any atom is 0.102 e. The Labute approximate surface area is 62.3 Å². The van der Waals surface area contributed by atoms with Gasteiger partial charge in [-0.1, -0.05) is 11.8 Å². The Morgan fingerprint density at radius 3 is 2.57 bits per heavy atom. The zero-order chi connectivity index (χ0) is 5.28. The van der Waals surface area contributed by atoms with Gasteiger partial charge in [-0.25, -0.2) is 0 Å². The van der Waals surface area contributed by atoms with Crippen molar-refractivity contribution < 1.29 is 0 Å². The van der Waals surface area contributed by atoms with E-state index in [9.17, 15) is 0 Å². The van der Waals surface area contributed by atoms with Crippen LogP contribution in [0.2, 0.25) is 0 Å². The van der Waals surface area contributed by atoms with Crippen molar-refractivity contribution in [3.63, 3.8) is 0 Å². The fourth-order valence-corrected chi connectivity index (χ4v) is 3.29. The highest BCUT2D eigenvalue weighted by molar-refractivity contribution is 8.36. The second kappa shape index (κ2) is 2.62. The fourth-order valence-electron chi connectivity index (χ4n) is 0.275. The predicted molar refractivity (Wildman–Crippen MR) is 45.0 cm³/mol. The average Bonchev–Trinajstić information content (AvgIpc) is 1.87. The summed E-state index contributed by atoms with van der Waals surface area (Å²) < 4.78 is 1.46. The van der Waals surface area contributed by atoms with E-state index < -0.39 is 0 Å². The van der Waals surface area contributed by atoms with Gasteiger partial charge in [-0.3, -0.25) is 0 Å². The molecule has 4 heteroatoms. The largest absolute Gasteiger partial charge is 0.154 e. The smallest absolute Gasteiger partial charge is 0.102 e. The molecule has 0 saturated heterocycles. The molecule has 0 radical (unpaired) electrons. The van der Waals surface area contributed by atoms with E-state index in [2.05, 4.69) is 25.3 Å². The topological polar surface area (TPSA) is 0 Å². The maximum atomic E-state index is 4.18. The van der Waals surface area contributed by atoms with Gasteiger partial charge in [0.2, 0.25) is 0 Å². The van der Waals surface area contributed by atoms with Crippen LogP contribution in [-0.4, -0.2) is 3.91 Å². The SMILES string of the molecule is SC1=CSC(S)S1. The molecule has 1 rings (SSSR count). The highest BCUT2D eigenvalue weighted by Crippen LogP contribution is 2.43. The monoisotopic (exact) mass is 168 g/mol. The van der Waals surface area contributed by atoms with Gasteiger partial charge in [-0.05, 0) is 5.41 Å². The first-order chi connectivity index (χ1) is 3.29. The molecule has 0 aliphatic carbocycles. The highest BCUT2D eigenvalue weighted by atomic mass is 32.3. The van der Waals surface area contributed by atoms with Crippen molar-refractivity contribution in [2.24, 2.45) is 0 Å². The van der Waals surface area contributed by atoms with Gasteiger partial charge in [0.1, 0.15) is 3.91 Å². The third kappa shape index (κ3) is 1.83. The number of rotatable bonds is 0. The minimum absolute atomic E-state index is 0.382. The molecule has 1 unspecified atom stereocenters. The molecule has 7 heavy (non-hydrogen) atoms. The van der Waals surface area contributed by atoms with Crippen LogP contribution in [0.15, 0.2) is 9.65 Å². The van der Waals surface area contributed by atoms with E-state index in [0.29, 0.717) is 3.91 Å². The summed E-state index contributed by atoms with van der Waals surface area (Å²) in [7, 11) is 0. The number of thiol groups is 2. The quantitative estimate of drug-likeness (QED) is 0.533. The van der Waals surface area contributed by atoms with Crippen LogP contribution in [0.3, 0.4) is 0 Å². The fraction of sp³-hybridized carbons (Fsp3) is 0.333. The van der Waals surface area contributed by atoms with Crippen LogP contribution in [0, 0.1) is 0 Å². The Morgan fingerprint density at radius 2 is 2.43 bits per heavy atom. The van der Waals surface area contributed by atoms with Crippen LogP contribution in [0.1, 0.15) is 0 Å². The molecule has 0 fully saturated rings. The van der Waals surface area contributed by atoms with E-state index in [0.717, 1.165) is 4.24 Å². The molecule has 0 spiro atoms. The van der Waals surface area contributed by atoms with Crippen LogP contribution >= 0.6 is 48.8 Å². The van der Waals surface area contributed by atoms with Crippen LogP contribution in [0.4, 0.5) is 0 Å². The van der Waals surface area contributed by atoms with Gasteiger partial charge in [-0.2, -0.15) is 12.6 Å². The molecule has 0 bridgehead atoms. The normalized spacial score (nSPS) is 30.6. The summed E-state index contributed by atoms with van der Waals surface area (Å²) in [6.45, 7) is 0. The van der Waals surface area contributed by atoms with Crippen molar-refractivity contribution in [3.05, 3.63) is 9.65 Å². The minimum Gasteiger partial charge on any atom is -0.154 e. The summed E-state index contributed by atoms with van der Waals surface area (Å²) in [6.07, 6.45) is 0. The van der Waals surface area contributed by atoms with Crippen molar-refractivity contribution in [1.29, 1.82) is 0 Å². The second-order valence-corrected chi connectivity index (χ2v) is 5.44. The van der Waals surface area contributed by atoms with Gasteiger partial charge in [-0.15, -0.1) is 24.4 Å². The Balaban J connectivity index is 2.42. The molecule has 0 nitrogen and oxygen atoms in total. The standard InChI is InChI=1S/C3H4S4/c4-2-1-6-3(5)7-2/h1,3-5H. The predicted octanol–water partition coefficient (Wildman–Crippen LogP) is 2.41. The van der Waals surface area contributed by atoms with Gasteiger partial charge in [0.05, 0.1) is 0 Å². The van der Waals surface area contributed by atoms with Crippen LogP contribution in [0.5, 0.6) is 0 Å². The zero-order valence-corrected chi connectivity index (χ0v) is 6.79. The third-order valence-electron chi connectivity index (χ3n) is 0.507. The summed E-state index contributed by atoms with van der Waals surface area (Å²) in [5, 5.41) is 2.01. The summed E-state index contributed by atoms with van der Waals surface area (Å²) in [5.41, 5.74) is 0. The molecule has 0 N–H and O–H groups in total. The van der Waals surface area contributed by atoms with Crippen LogP contribution in [-0.2, 0) is 0 Å². The first kappa shape index (κ1) is 6.26. The lowest BCUT2D eigenvalue weighted by molar-refractivity contribution is 2.14. The molecule has 0 aromatic rings. The van der Waals surface area contributed by atoms with Gasteiger partial charge >= 0.3 is 0 Å².